The fourth-order valence-electron chi connectivity index (χ4n) is 1.69. The molecule has 2 rings (SSSR count). The van der Waals surface area contributed by atoms with Gasteiger partial charge < -0.3 is 15.6 Å². The monoisotopic (exact) mass is 203 g/mol. The molecule has 3 N–H and O–H groups in total. The highest BCUT2D eigenvalue weighted by atomic mass is 15.0. The number of hydrogen-bond donors (Lipinski definition) is 2. The van der Waals surface area contributed by atoms with Crippen molar-refractivity contribution in [3.05, 3.63) is 30.0 Å². The van der Waals surface area contributed by atoms with Gasteiger partial charge in [-0.15, -0.1) is 0 Å². The van der Waals surface area contributed by atoms with Gasteiger partial charge in [0.1, 0.15) is 0 Å². The van der Waals surface area contributed by atoms with Crippen LogP contribution in [-0.2, 0) is 6.42 Å². The van der Waals surface area contributed by atoms with Gasteiger partial charge in [-0.3, -0.25) is 0 Å². The molecule has 0 amide bonds. The lowest BCUT2D eigenvalue weighted by atomic mass is 10.2. The van der Waals surface area contributed by atoms with Crippen LogP contribution in [0.25, 0.3) is 10.9 Å². The molecule has 0 saturated carbocycles. The third-order valence-electron chi connectivity index (χ3n) is 2.53. The maximum Gasteiger partial charge on any atom is 0.0457 e. The normalized spacial score (nSPS) is 11.4. The van der Waals surface area contributed by atoms with Crippen LogP contribution >= 0.6 is 0 Å². The second-order valence-corrected chi connectivity index (χ2v) is 4.19. The van der Waals surface area contributed by atoms with Crippen LogP contribution in [0.2, 0.25) is 0 Å². The average molecular weight is 203 g/mol. The smallest absolute Gasteiger partial charge is 0.0457 e. The summed E-state index contributed by atoms with van der Waals surface area (Å²) >= 11 is 0. The Hall–Kier alpha value is -1.48. The number of rotatable bonds is 3. The molecule has 0 atom stereocenters. The minimum Gasteiger partial charge on any atom is -0.399 e. The number of benzene rings is 1. The van der Waals surface area contributed by atoms with Crippen LogP contribution in [0, 0.1) is 0 Å². The molecule has 3 nitrogen and oxygen atoms in total. The predicted molar refractivity (Wildman–Crippen MR) is 65.0 cm³/mol. The minimum absolute atomic E-state index is 0.820. The number of nitrogens with zero attached hydrogens (tertiary/aromatic N) is 1. The van der Waals surface area contributed by atoms with Gasteiger partial charge in [-0.2, -0.15) is 0 Å². The molecular formula is C12H17N3. The fraction of sp³-hybridized carbons (Fsp3) is 0.333. The van der Waals surface area contributed by atoms with Gasteiger partial charge in [-0.1, -0.05) is 0 Å². The molecule has 0 aliphatic rings. The number of likely N-dealkylation sites (N-methyl/N-ethyl adjacent to an activating group) is 1. The Bertz CT molecular complexity index is 457. The second-order valence-electron chi connectivity index (χ2n) is 4.19. The molecule has 0 bridgehead atoms. The van der Waals surface area contributed by atoms with Gasteiger partial charge in [0, 0.05) is 35.2 Å². The summed E-state index contributed by atoms with van der Waals surface area (Å²) in [4.78, 5) is 5.58. The predicted octanol–water partition coefficient (Wildman–Crippen LogP) is 1.85. The van der Waals surface area contributed by atoms with E-state index in [1.54, 1.807) is 0 Å². The molecular weight excluding hydrogens is 186 g/mol. The lowest BCUT2D eigenvalue weighted by Crippen LogP contribution is -2.15. The zero-order valence-electron chi connectivity index (χ0n) is 9.25. The fourth-order valence-corrected chi connectivity index (χ4v) is 1.69. The largest absolute Gasteiger partial charge is 0.399 e. The Kier molecular flexibility index (Phi) is 2.64. The molecule has 0 spiro atoms. The molecule has 0 radical (unpaired) electrons. The van der Waals surface area contributed by atoms with Gasteiger partial charge in [0.15, 0.2) is 0 Å². The SMILES string of the molecule is CN(C)CCc1cc2cc(N)ccc2[nH]1. The van der Waals surface area contributed by atoms with Gasteiger partial charge in [0.05, 0.1) is 0 Å². The summed E-state index contributed by atoms with van der Waals surface area (Å²) in [5, 5.41) is 1.20. The minimum atomic E-state index is 0.820. The number of H-pyrrole nitrogens is 1. The molecule has 15 heavy (non-hydrogen) atoms. The van der Waals surface area contributed by atoms with Crippen LogP contribution in [-0.4, -0.2) is 30.5 Å². The second kappa shape index (κ2) is 3.95. The third-order valence-corrected chi connectivity index (χ3v) is 2.53. The van der Waals surface area contributed by atoms with Gasteiger partial charge in [0.2, 0.25) is 0 Å². The lowest BCUT2D eigenvalue weighted by Gasteiger charge is -2.07. The van der Waals surface area contributed by atoms with E-state index >= 15 is 0 Å². The summed E-state index contributed by atoms with van der Waals surface area (Å²) in [6, 6.07) is 8.14. The number of hydrogen-bond acceptors (Lipinski definition) is 2. The highest BCUT2D eigenvalue weighted by molar-refractivity contribution is 5.83. The molecule has 80 valence electrons. The van der Waals surface area contributed by atoms with E-state index in [-0.39, 0.29) is 0 Å². The Morgan fingerprint density at radius 1 is 1.27 bits per heavy atom. The summed E-state index contributed by atoms with van der Waals surface area (Å²) in [7, 11) is 4.17. The molecule has 1 aromatic carbocycles. The van der Waals surface area contributed by atoms with E-state index in [9.17, 15) is 0 Å². The number of nitrogens with one attached hydrogen (secondary N) is 1. The molecule has 1 heterocycles. The Labute approximate surface area is 89.9 Å². The average Bonchev–Trinajstić information content (AvgIpc) is 2.56. The molecule has 0 unspecified atom stereocenters. The first kappa shape index (κ1) is 10.1. The summed E-state index contributed by atoms with van der Waals surface area (Å²) in [5.74, 6) is 0. The van der Waals surface area contributed by atoms with Gasteiger partial charge >= 0.3 is 0 Å². The molecule has 2 aromatic rings. The van der Waals surface area contributed by atoms with Gasteiger partial charge in [0.25, 0.3) is 0 Å². The van der Waals surface area contributed by atoms with E-state index in [1.165, 1.54) is 11.1 Å². The zero-order valence-corrected chi connectivity index (χ0v) is 9.25. The summed E-state index contributed by atoms with van der Waals surface area (Å²) in [5.41, 5.74) is 8.99. The van der Waals surface area contributed by atoms with Crippen molar-refractivity contribution >= 4 is 16.6 Å². The lowest BCUT2D eigenvalue weighted by molar-refractivity contribution is 0.412. The van der Waals surface area contributed by atoms with Crippen LogP contribution in [0.4, 0.5) is 5.69 Å². The third kappa shape index (κ3) is 2.30. The molecule has 1 aromatic heterocycles. The zero-order chi connectivity index (χ0) is 10.8. The molecule has 0 aliphatic carbocycles. The van der Waals surface area contributed by atoms with E-state index in [0.29, 0.717) is 0 Å². The van der Waals surface area contributed by atoms with E-state index in [0.717, 1.165) is 24.2 Å². The van der Waals surface area contributed by atoms with Crippen molar-refractivity contribution in [1.29, 1.82) is 0 Å². The van der Waals surface area contributed by atoms with E-state index in [2.05, 4.69) is 30.0 Å². The molecule has 3 heteroatoms. The van der Waals surface area contributed by atoms with E-state index < -0.39 is 0 Å². The van der Waals surface area contributed by atoms with Crippen LogP contribution in [0.5, 0.6) is 0 Å². The first-order valence-corrected chi connectivity index (χ1v) is 5.17. The van der Waals surface area contributed by atoms with Gasteiger partial charge in [-0.25, -0.2) is 0 Å². The maximum atomic E-state index is 5.73. The van der Waals surface area contributed by atoms with Crippen LogP contribution < -0.4 is 5.73 Å². The van der Waals surface area contributed by atoms with Crippen LogP contribution in [0.3, 0.4) is 0 Å². The highest BCUT2D eigenvalue weighted by Crippen LogP contribution is 2.18. The highest BCUT2D eigenvalue weighted by Gasteiger charge is 2.01. The first-order chi connectivity index (χ1) is 7.15. The Balaban J connectivity index is 2.23. The summed E-state index contributed by atoms with van der Waals surface area (Å²) < 4.78 is 0. The van der Waals surface area contributed by atoms with Crippen molar-refractivity contribution in [3.63, 3.8) is 0 Å². The van der Waals surface area contributed by atoms with Crippen molar-refractivity contribution < 1.29 is 0 Å². The number of aromatic amines is 1. The Morgan fingerprint density at radius 2 is 2.07 bits per heavy atom. The standard InChI is InChI=1S/C12H17N3/c1-15(2)6-5-11-8-9-7-10(13)3-4-12(9)14-11/h3-4,7-8,14H,5-6,13H2,1-2H3. The topological polar surface area (TPSA) is 45.0 Å². The van der Waals surface area contributed by atoms with Crippen molar-refractivity contribution in [2.45, 2.75) is 6.42 Å². The van der Waals surface area contributed by atoms with Crippen LogP contribution in [0.1, 0.15) is 5.69 Å². The molecule has 0 aliphatic heterocycles. The first-order valence-electron chi connectivity index (χ1n) is 5.17. The quantitative estimate of drug-likeness (QED) is 0.748. The molecule has 0 fully saturated rings. The van der Waals surface area contributed by atoms with E-state index in [4.69, 9.17) is 5.73 Å². The van der Waals surface area contributed by atoms with Crippen molar-refractivity contribution in [2.75, 3.05) is 26.4 Å². The summed E-state index contributed by atoms with van der Waals surface area (Å²) in [6.45, 7) is 1.06. The number of anilines is 1. The van der Waals surface area contributed by atoms with Gasteiger partial charge in [-0.05, 0) is 38.4 Å². The molecule has 0 saturated heterocycles. The van der Waals surface area contributed by atoms with E-state index in [1.807, 2.05) is 18.2 Å². The Morgan fingerprint density at radius 3 is 2.80 bits per heavy atom. The van der Waals surface area contributed by atoms with Crippen LogP contribution in [0.15, 0.2) is 24.3 Å². The number of fused-ring (bicyclic) bond motifs is 1. The number of nitrogen functional groups attached to an aromatic ring is 1. The maximum absolute atomic E-state index is 5.73. The number of nitrogens with two attached hydrogens (primary N) is 1. The number of aromatic nitrogens is 1. The van der Waals surface area contributed by atoms with Crippen molar-refractivity contribution in [3.8, 4) is 0 Å². The summed E-state index contributed by atoms with van der Waals surface area (Å²) in [6.07, 6.45) is 1.04. The van der Waals surface area contributed by atoms with Crippen molar-refractivity contribution in [1.82, 2.24) is 9.88 Å². The van der Waals surface area contributed by atoms with Crippen molar-refractivity contribution in [2.24, 2.45) is 0 Å².